The van der Waals surface area contributed by atoms with Gasteiger partial charge in [-0.05, 0) is 37.5 Å². The van der Waals surface area contributed by atoms with Crippen LogP contribution in [0.3, 0.4) is 0 Å². The Labute approximate surface area is 326 Å². The minimum absolute atomic E-state index is 0.0000459. The first-order valence-electron chi connectivity index (χ1n) is 16.2. The fourth-order valence-corrected chi connectivity index (χ4v) is 11.8. The highest BCUT2D eigenvalue weighted by atomic mass is 32.5. The number of ether oxygens (including phenoxy) is 2. The van der Waals surface area contributed by atoms with Crippen LogP contribution in [0, 0.1) is 13.8 Å². The van der Waals surface area contributed by atoms with Crippen LogP contribution in [0.1, 0.15) is 23.8 Å². The fourth-order valence-electron chi connectivity index (χ4n) is 7.48. The van der Waals surface area contributed by atoms with E-state index in [0.717, 1.165) is 39.0 Å². The van der Waals surface area contributed by atoms with Gasteiger partial charge in [0.15, 0.2) is 23.6 Å². The third kappa shape index (κ3) is 7.14. The molecule has 24 nitrogen and oxygen atoms in total. The molecule has 0 radical (unpaired) electrons. The Kier molecular flexibility index (Phi) is 10.4. The molecule has 0 aromatic carbocycles. The second kappa shape index (κ2) is 13.9. The number of nitrogens with zero attached hydrogens (tertiary/aromatic N) is 6. The Hall–Kier alpha value is -2.21. The van der Waals surface area contributed by atoms with E-state index in [1.807, 2.05) is 0 Å². The number of morpholine rings is 2. The second-order valence-electron chi connectivity index (χ2n) is 13.8. The average Bonchev–Trinajstić information content (AvgIpc) is 3.86. The highest BCUT2D eigenvalue weighted by Crippen LogP contribution is 2.59. The molecule has 10 atom stereocenters. The van der Waals surface area contributed by atoms with E-state index in [-0.39, 0.29) is 22.6 Å². The van der Waals surface area contributed by atoms with Crippen LogP contribution < -0.4 is 16.8 Å². The number of aromatic nitrogens is 6. The first kappa shape index (κ1) is 41.9. The average molecular weight is 907 g/mol. The molecule has 0 amide bonds. The molecule has 4 aliphatic heterocycles. The maximum absolute atomic E-state index is 13.3. The first-order chi connectivity index (χ1) is 25.8. The zero-order valence-corrected chi connectivity index (χ0v) is 34.9. The van der Waals surface area contributed by atoms with Crippen LogP contribution in [0.15, 0.2) is 26.9 Å². The highest BCUT2D eigenvalue weighted by Gasteiger charge is 2.70. The molecule has 3 aromatic rings. The van der Waals surface area contributed by atoms with Gasteiger partial charge in [-0.2, -0.15) is 8.61 Å². The summed E-state index contributed by atoms with van der Waals surface area (Å²) >= 11 is 10.4. The molecular weight excluding hydrogens is 871 g/mol. The number of aliphatic hydroxyl groups is 1. The summed E-state index contributed by atoms with van der Waals surface area (Å²) in [7, 11) is -7.13. The molecule has 4 bridgehead atoms. The largest absolute Gasteiger partial charge is 0.388 e. The fraction of sp³-hybridized carbons (Fsp3) is 0.654. The molecule has 7 rings (SSSR count). The van der Waals surface area contributed by atoms with Crippen LogP contribution in [-0.4, -0.2) is 151 Å². The van der Waals surface area contributed by atoms with Gasteiger partial charge in [0.2, 0.25) is 20.0 Å². The molecule has 4 fully saturated rings. The molecule has 4 unspecified atom stereocenters. The van der Waals surface area contributed by atoms with Crippen molar-refractivity contribution in [1.82, 2.24) is 37.7 Å². The Morgan fingerprint density at radius 1 is 0.911 bits per heavy atom. The van der Waals surface area contributed by atoms with Gasteiger partial charge in [-0.3, -0.25) is 23.7 Å². The number of sulfonamides is 2. The summed E-state index contributed by atoms with van der Waals surface area (Å²) in [6.45, 7) is -8.17. The first-order valence-corrected chi connectivity index (χ1v) is 25.1. The predicted molar refractivity (Wildman–Crippen MR) is 198 cm³/mol. The summed E-state index contributed by atoms with van der Waals surface area (Å²) in [5.74, 6) is 0.195. The van der Waals surface area contributed by atoms with Gasteiger partial charge < -0.3 is 47.4 Å². The number of hydrogen-bond acceptors (Lipinski definition) is 18. The summed E-state index contributed by atoms with van der Waals surface area (Å²) in [6, 6.07) is -2.79. The summed E-state index contributed by atoms with van der Waals surface area (Å²) in [5, 5.41) is 11.5. The van der Waals surface area contributed by atoms with Gasteiger partial charge in [0.25, 0.3) is 11.1 Å². The molecule has 30 heteroatoms. The van der Waals surface area contributed by atoms with Crippen molar-refractivity contribution in [3.63, 3.8) is 0 Å². The van der Waals surface area contributed by atoms with E-state index in [9.17, 15) is 46.1 Å². The molecule has 7 heterocycles. The van der Waals surface area contributed by atoms with Crippen LogP contribution in [0.5, 0.6) is 0 Å². The smallest absolute Gasteiger partial charge is 0.330 e. The molecular formula is C26H36N8O16P2S4. The van der Waals surface area contributed by atoms with Crippen molar-refractivity contribution in [2.75, 3.05) is 45.9 Å². The van der Waals surface area contributed by atoms with Crippen molar-refractivity contribution in [1.29, 1.82) is 0 Å². The predicted octanol–water partition coefficient (Wildman–Crippen LogP) is -3.03. The Balaban J connectivity index is 1.24. The lowest BCUT2D eigenvalue weighted by molar-refractivity contribution is -0.145. The Morgan fingerprint density at radius 2 is 1.48 bits per heavy atom. The SMILES string of the molecule is COP(O)(=S)OC[C@]12CN(S(C)(=O)=O)[C@@H](C1OP(O)(=S)OC[C@]13CN(S(C)(=O)=O)[C@@H](C1O)[C@H](n1cc(C)c(=O)[nH]c1=O)O3)[C@H](n1cnc3c(=O)[nH]c(C)nc31)O2. The molecule has 0 saturated carbocycles. The number of nitrogens with one attached hydrogen (secondary N) is 2. The quantitative estimate of drug-likeness (QED) is 0.107. The molecule has 4 aliphatic rings. The lowest BCUT2D eigenvalue weighted by Gasteiger charge is -2.37. The van der Waals surface area contributed by atoms with Gasteiger partial charge in [-0.25, -0.2) is 31.6 Å². The summed E-state index contributed by atoms with van der Waals surface area (Å²) in [4.78, 5) is 72.8. The number of rotatable bonds is 13. The van der Waals surface area contributed by atoms with Gasteiger partial charge in [-0.1, -0.05) is 0 Å². The van der Waals surface area contributed by atoms with Crippen LogP contribution in [0.4, 0.5) is 0 Å². The van der Waals surface area contributed by atoms with Gasteiger partial charge in [0.1, 0.15) is 29.2 Å². The monoisotopic (exact) mass is 906 g/mol. The highest BCUT2D eigenvalue weighted by molar-refractivity contribution is 8.07. The lowest BCUT2D eigenvalue weighted by atomic mass is 10.0. The Morgan fingerprint density at radius 3 is 2.12 bits per heavy atom. The minimum Gasteiger partial charge on any atom is -0.388 e. The van der Waals surface area contributed by atoms with E-state index in [4.69, 9.17) is 51.2 Å². The van der Waals surface area contributed by atoms with Crippen molar-refractivity contribution >= 4 is 68.3 Å². The van der Waals surface area contributed by atoms with Crippen molar-refractivity contribution in [3.05, 3.63) is 55.1 Å². The minimum atomic E-state index is -4.63. The number of fused-ring (bicyclic) bond motifs is 5. The van der Waals surface area contributed by atoms with Gasteiger partial charge >= 0.3 is 19.1 Å². The molecule has 4 saturated heterocycles. The maximum atomic E-state index is 13.3. The van der Waals surface area contributed by atoms with E-state index < -0.39 is 125 Å². The summed E-state index contributed by atoms with van der Waals surface area (Å²) in [6.07, 6.45) is -2.00. The van der Waals surface area contributed by atoms with Gasteiger partial charge in [0.05, 0.1) is 44.1 Å². The molecule has 3 aromatic heterocycles. The number of aliphatic hydroxyl groups excluding tert-OH is 1. The van der Waals surface area contributed by atoms with E-state index in [2.05, 4.69) is 19.9 Å². The zero-order valence-electron chi connectivity index (χ0n) is 29.8. The summed E-state index contributed by atoms with van der Waals surface area (Å²) in [5.41, 5.74) is -6.14. The third-order valence-corrected chi connectivity index (χ3v) is 15.7. The van der Waals surface area contributed by atoms with Crippen molar-refractivity contribution in [3.8, 4) is 0 Å². The number of hydrogen-bond donors (Lipinski definition) is 5. The van der Waals surface area contributed by atoms with E-state index in [1.54, 1.807) is 0 Å². The van der Waals surface area contributed by atoms with Crippen LogP contribution >= 0.6 is 13.4 Å². The van der Waals surface area contributed by atoms with Crippen molar-refractivity contribution in [2.45, 2.75) is 61.8 Å². The molecule has 5 N–H and O–H groups in total. The van der Waals surface area contributed by atoms with Crippen LogP contribution in [0.2, 0.25) is 0 Å². The zero-order chi connectivity index (χ0) is 41.1. The molecule has 0 spiro atoms. The second-order valence-corrected chi connectivity index (χ2v) is 23.4. The van der Waals surface area contributed by atoms with Gasteiger partial charge in [-0.15, -0.1) is 0 Å². The number of imidazole rings is 1. The topological polar surface area (TPSA) is 309 Å². The number of aromatic amines is 2. The summed E-state index contributed by atoms with van der Waals surface area (Å²) < 4.78 is 91.2. The van der Waals surface area contributed by atoms with E-state index in [0.29, 0.717) is 0 Å². The van der Waals surface area contributed by atoms with E-state index >= 15 is 0 Å². The lowest BCUT2D eigenvalue weighted by Crippen LogP contribution is -2.51. The third-order valence-electron chi connectivity index (χ3n) is 10.0. The Bertz CT molecular complexity index is 2620. The van der Waals surface area contributed by atoms with Crippen LogP contribution in [-0.2, 0) is 71.2 Å². The van der Waals surface area contributed by atoms with Crippen LogP contribution in [0.25, 0.3) is 11.2 Å². The van der Waals surface area contributed by atoms with Crippen molar-refractivity contribution < 1.29 is 59.3 Å². The molecule has 0 aliphatic carbocycles. The van der Waals surface area contributed by atoms with Gasteiger partial charge in [0, 0.05) is 32.0 Å². The number of aryl methyl sites for hydroxylation is 2. The molecule has 310 valence electrons. The normalized spacial score (nSPS) is 33.0. The van der Waals surface area contributed by atoms with E-state index in [1.165, 1.54) is 24.7 Å². The maximum Gasteiger partial charge on any atom is 0.330 e. The van der Waals surface area contributed by atoms with Crippen molar-refractivity contribution in [2.24, 2.45) is 0 Å². The molecule has 56 heavy (non-hydrogen) atoms. The standard InChI is InChI=1S/C26H36N8O16P2S4/c1-12-6-31(24(38)30-20(12)36)22-15-17(35)25(48-22,7-33(15)55(4,41)42)9-47-52(40,54)50-18-16-23(32-11-27-14-19(32)28-13(2)29-21(14)37)49-26(18,8-34(16)56(5,43)44)10-46-51(39,53)45-3/h6,11,15-18,22-23,35H,7-10H2,1-5H3,(H,39,53)(H,40,54)(H,28,29,37)(H,30,36,38)/t15-,16-,17?,18?,22+,23+,25+,26+,51?,52?/m0/s1. The number of H-pyrrole nitrogens is 2.